The fourth-order valence-electron chi connectivity index (χ4n) is 5.05. The molecule has 1 aliphatic rings. The molecule has 0 aliphatic carbocycles. The minimum Gasteiger partial charge on any atom is -0.462 e. The number of amides is 2. The van der Waals surface area contributed by atoms with Gasteiger partial charge in [0.25, 0.3) is 11.8 Å². The van der Waals surface area contributed by atoms with E-state index in [1.54, 1.807) is 0 Å². The zero-order valence-electron chi connectivity index (χ0n) is 25.2. The second kappa shape index (κ2) is 23.9. The molecular weight excluding hydrogens is 494 g/mol. The van der Waals surface area contributed by atoms with Crippen molar-refractivity contribution in [2.24, 2.45) is 0 Å². The van der Waals surface area contributed by atoms with Gasteiger partial charge in [-0.25, -0.2) is 4.79 Å². The summed E-state index contributed by atoms with van der Waals surface area (Å²) in [6, 6.07) is 0. The quantitative estimate of drug-likeness (QED) is 0.0608. The van der Waals surface area contributed by atoms with Gasteiger partial charge in [0, 0.05) is 19.3 Å². The maximum Gasteiger partial charge on any atom is 0.336 e. The van der Waals surface area contributed by atoms with Crippen molar-refractivity contribution < 1.29 is 28.8 Å². The van der Waals surface area contributed by atoms with Crippen LogP contribution in [0, 0.1) is 0 Å². The molecule has 0 aromatic heterocycles. The molecule has 1 saturated heterocycles. The van der Waals surface area contributed by atoms with E-state index < -0.39 is 23.9 Å². The molecule has 0 radical (unpaired) electrons. The SMILES string of the molecule is CCCCCCCCCCCCCC(=O)OC(CCCCCCCCCCC)CC(=O)ON1C(=O)CCC1=O. The molecule has 0 N–H and O–H groups in total. The number of unbranched alkanes of at least 4 members (excludes halogenated alkanes) is 18. The highest BCUT2D eigenvalue weighted by Gasteiger charge is 2.33. The van der Waals surface area contributed by atoms with Crippen LogP contribution in [0.5, 0.6) is 0 Å². The average Bonchev–Trinajstić information content (AvgIpc) is 3.22. The Kier molecular flexibility index (Phi) is 21.5. The predicted molar refractivity (Wildman–Crippen MR) is 155 cm³/mol. The normalized spacial score (nSPS) is 14.2. The number of rotatable bonds is 26. The van der Waals surface area contributed by atoms with Crippen molar-refractivity contribution in [3.8, 4) is 0 Å². The number of nitrogens with zero attached hydrogens (tertiary/aromatic N) is 1. The number of carbonyl (C=O) groups is 4. The Morgan fingerprint density at radius 3 is 1.49 bits per heavy atom. The van der Waals surface area contributed by atoms with Crippen LogP contribution in [0.2, 0.25) is 0 Å². The van der Waals surface area contributed by atoms with Gasteiger partial charge in [-0.2, -0.15) is 0 Å². The van der Waals surface area contributed by atoms with Crippen LogP contribution in [0.4, 0.5) is 0 Å². The number of hydroxylamine groups is 2. The van der Waals surface area contributed by atoms with Gasteiger partial charge in [-0.1, -0.05) is 129 Å². The van der Waals surface area contributed by atoms with Gasteiger partial charge in [0.05, 0.1) is 6.42 Å². The van der Waals surface area contributed by atoms with Crippen LogP contribution in [0.1, 0.15) is 174 Å². The van der Waals surface area contributed by atoms with Crippen molar-refractivity contribution in [2.45, 2.75) is 180 Å². The lowest BCUT2D eigenvalue weighted by Gasteiger charge is -2.19. The molecule has 2 amide bonds. The van der Waals surface area contributed by atoms with Gasteiger partial charge in [0.2, 0.25) is 0 Å². The summed E-state index contributed by atoms with van der Waals surface area (Å²) in [5, 5.41) is 0.560. The van der Waals surface area contributed by atoms with Crippen LogP contribution < -0.4 is 0 Å². The maximum absolute atomic E-state index is 12.5. The average molecular weight is 552 g/mol. The Bertz CT molecular complexity index is 664. The first kappa shape index (κ1) is 35.1. The van der Waals surface area contributed by atoms with E-state index in [1.165, 1.54) is 89.9 Å². The van der Waals surface area contributed by atoms with Crippen molar-refractivity contribution in [3.63, 3.8) is 0 Å². The summed E-state index contributed by atoms with van der Waals surface area (Å²) < 4.78 is 5.68. The number of hydrogen-bond donors (Lipinski definition) is 0. The molecule has 1 aliphatic heterocycles. The second-order valence-electron chi connectivity index (χ2n) is 11.3. The monoisotopic (exact) mass is 551 g/mol. The fraction of sp³-hybridized carbons (Fsp3) is 0.875. The minimum absolute atomic E-state index is 0.0575. The number of carbonyl (C=O) groups excluding carboxylic acids is 4. The third-order valence-corrected chi connectivity index (χ3v) is 7.51. The number of imide groups is 1. The van der Waals surface area contributed by atoms with Gasteiger partial charge in [-0.15, -0.1) is 5.06 Å². The number of esters is 1. The zero-order chi connectivity index (χ0) is 28.6. The second-order valence-corrected chi connectivity index (χ2v) is 11.3. The predicted octanol–water partition coefficient (Wildman–Crippen LogP) is 8.52. The fourth-order valence-corrected chi connectivity index (χ4v) is 5.05. The molecule has 1 rings (SSSR count). The molecule has 226 valence electrons. The molecule has 7 heteroatoms. The van der Waals surface area contributed by atoms with E-state index in [4.69, 9.17) is 9.57 Å². The largest absolute Gasteiger partial charge is 0.462 e. The first-order chi connectivity index (χ1) is 19.0. The van der Waals surface area contributed by atoms with E-state index in [1.807, 2.05) is 0 Å². The minimum atomic E-state index is -0.706. The Balaban J connectivity index is 2.30. The van der Waals surface area contributed by atoms with E-state index in [2.05, 4.69) is 13.8 Å². The van der Waals surface area contributed by atoms with Crippen molar-refractivity contribution in [2.75, 3.05) is 0 Å². The Labute approximate surface area is 238 Å². The topological polar surface area (TPSA) is 90.0 Å². The van der Waals surface area contributed by atoms with Gasteiger partial charge in [0.1, 0.15) is 6.10 Å². The lowest BCUT2D eigenvalue weighted by molar-refractivity contribution is -0.199. The molecule has 1 fully saturated rings. The molecule has 0 bridgehead atoms. The van der Waals surface area contributed by atoms with Crippen LogP contribution in [-0.4, -0.2) is 34.9 Å². The van der Waals surface area contributed by atoms with Crippen LogP contribution in [0.3, 0.4) is 0 Å². The number of hydrogen-bond acceptors (Lipinski definition) is 6. The van der Waals surface area contributed by atoms with E-state index in [9.17, 15) is 19.2 Å². The molecule has 1 unspecified atom stereocenters. The molecule has 1 heterocycles. The van der Waals surface area contributed by atoms with Crippen molar-refractivity contribution >= 4 is 23.8 Å². The summed E-state index contributed by atoms with van der Waals surface area (Å²) in [5.41, 5.74) is 0. The third kappa shape index (κ3) is 18.9. The highest BCUT2D eigenvalue weighted by molar-refractivity contribution is 6.01. The van der Waals surface area contributed by atoms with Crippen LogP contribution in [0.15, 0.2) is 0 Å². The lowest BCUT2D eigenvalue weighted by Crippen LogP contribution is -2.34. The van der Waals surface area contributed by atoms with Crippen LogP contribution >= 0.6 is 0 Å². The van der Waals surface area contributed by atoms with Crippen LogP contribution in [-0.2, 0) is 28.8 Å². The van der Waals surface area contributed by atoms with Gasteiger partial charge in [-0.05, 0) is 19.3 Å². The number of ether oxygens (including phenoxy) is 1. The summed E-state index contributed by atoms with van der Waals surface area (Å²) in [5.74, 6) is -2.00. The molecule has 0 aromatic carbocycles. The van der Waals surface area contributed by atoms with Crippen LogP contribution in [0.25, 0.3) is 0 Å². The first-order valence-corrected chi connectivity index (χ1v) is 16.2. The smallest absolute Gasteiger partial charge is 0.336 e. The molecular formula is C32H57NO6. The molecule has 0 saturated carbocycles. The van der Waals surface area contributed by atoms with Gasteiger partial charge < -0.3 is 9.57 Å². The summed E-state index contributed by atoms with van der Waals surface area (Å²) in [6.45, 7) is 4.46. The lowest BCUT2D eigenvalue weighted by atomic mass is 10.0. The summed E-state index contributed by atoms with van der Waals surface area (Å²) >= 11 is 0. The summed E-state index contributed by atoms with van der Waals surface area (Å²) in [7, 11) is 0. The molecule has 39 heavy (non-hydrogen) atoms. The maximum atomic E-state index is 12.5. The first-order valence-electron chi connectivity index (χ1n) is 16.2. The highest BCUT2D eigenvalue weighted by Crippen LogP contribution is 2.18. The molecule has 7 nitrogen and oxygen atoms in total. The van der Waals surface area contributed by atoms with E-state index in [0.717, 1.165) is 38.5 Å². The molecule has 0 aromatic rings. The van der Waals surface area contributed by atoms with Gasteiger partial charge in [-0.3, -0.25) is 14.4 Å². The van der Waals surface area contributed by atoms with E-state index in [0.29, 0.717) is 17.9 Å². The van der Waals surface area contributed by atoms with Crippen molar-refractivity contribution in [1.82, 2.24) is 5.06 Å². The Morgan fingerprint density at radius 1 is 0.615 bits per heavy atom. The summed E-state index contributed by atoms with van der Waals surface area (Å²) in [6.07, 6.45) is 24.3. The Hall–Kier alpha value is -1.92. The third-order valence-electron chi connectivity index (χ3n) is 7.51. The summed E-state index contributed by atoms with van der Waals surface area (Å²) in [4.78, 5) is 53.5. The molecule has 1 atom stereocenters. The highest BCUT2D eigenvalue weighted by atomic mass is 16.7. The van der Waals surface area contributed by atoms with E-state index in [-0.39, 0.29) is 25.2 Å². The van der Waals surface area contributed by atoms with E-state index >= 15 is 0 Å². The van der Waals surface area contributed by atoms with Crippen molar-refractivity contribution in [1.29, 1.82) is 0 Å². The standard InChI is InChI=1S/C32H57NO6/c1-3-5-7-9-11-13-14-16-18-20-22-24-31(36)38-28(23-21-19-17-15-12-10-8-6-4-2)27-32(37)39-33-29(34)25-26-30(33)35/h28H,3-27H2,1-2H3. The van der Waals surface area contributed by atoms with Crippen molar-refractivity contribution in [3.05, 3.63) is 0 Å². The molecule has 0 spiro atoms. The van der Waals surface area contributed by atoms with Gasteiger partial charge in [0.15, 0.2) is 0 Å². The Morgan fingerprint density at radius 2 is 1.03 bits per heavy atom. The van der Waals surface area contributed by atoms with Gasteiger partial charge >= 0.3 is 11.9 Å². The zero-order valence-corrected chi connectivity index (χ0v) is 25.2.